The summed E-state index contributed by atoms with van der Waals surface area (Å²) in [5, 5.41) is 20.3. The zero-order chi connectivity index (χ0) is 13.0. The summed E-state index contributed by atoms with van der Waals surface area (Å²) in [7, 11) is 0. The Labute approximate surface area is 107 Å². The molecule has 0 fully saturated rings. The standard InChI is InChI=1S/C10H10N6OS/c1-6-4-12-10(13-5-6)18-9-7(8(11)16-17)2-3-14-15-9/h2-5,17H,1H3,(H2,11,16). The van der Waals surface area contributed by atoms with Gasteiger partial charge in [0, 0.05) is 12.4 Å². The molecule has 0 unspecified atom stereocenters. The van der Waals surface area contributed by atoms with E-state index >= 15 is 0 Å². The van der Waals surface area contributed by atoms with Crippen molar-refractivity contribution in [1.29, 1.82) is 0 Å². The number of aryl methyl sites for hydroxylation is 1. The summed E-state index contributed by atoms with van der Waals surface area (Å²) in [6.07, 6.45) is 4.87. The Morgan fingerprint density at radius 1 is 1.39 bits per heavy atom. The van der Waals surface area contributed by atoms with Crippen LogP contribution in [-0.4, -0.2) is 31.2 Å². The SMILES string of the molecule is Cc1cnc(Sc2nnccc2/C(N)=N/O)nc1. The average Bonchev–Trinajstić information content (AvgIpc) is 2.41. The molecule has 0 radical (unpaired) electrons. The minimum atomic E-state index is -0.0282. The number of nitrogens with two attached hydrogens (primary N) is 1. The summed E-state index contributed by atoms with van der Waals surface area (Å²) in [5.41, 5.74) is 7.01. The van der Waals surface area contributed by atoms with E-state index in [2.05, 4.69) is 25.3 Å². The van der Waals surface area contributed by atoms with Crippen molar-refractivity contribution in [2.24, 2.45) is 10.9 Å². The van der Waals surface area contributed by atoms with Crippen molar-refractivity contribution in [3.05, 3.63) is 35.8 Å². The molecule has 0 aliphatic carbocycles. The van der Waals surface area contributed by atoms with Crippen molar-refractivity contribution in [1.82, 2.24) is 20.2 Å². The van der Waals surface area contributed by atoms with E-state index in [4.69, 9.17) is 10.9 Å². The van der Waals surface area contributed by atoms with Crippen molar-refractivity contribution in [3.8, 4) is 0 Å². The van der Waals surface area contributed by atoms with Crippen LogP contribution in [0.5, 0.6) is 0 Å². The van der Waals surface area contributed by atoms with Crippen molar-refractivity contribution < 1.29 is 5.21 Å². The lowest BCUT2D eigenvalue weighted by Gasteiger charge is -2.04. The molecule has 2 aromatic heterocycles. The maximum atomic E-state index is 8.69. The quantitative estimate of drug-likeness (QED) is 0.277. The Bertz CT molecular complexity index is 571. The third kappa shape index (κ3) is 2.72. The van der Waals surface area contributed by atoms with Gasteiger partial charge in [0.1, 0.15) is 5.03 Å². The van der Waals surface area contributed by atoms with Crippen LogP contribution in [0.4, 0.5) is 0 Å². The molecule has 0 saturated carbocycles. The van der Waals surface area contributed by atoms with Crippen LogP contribution >= 0.6 is 11.8 Å². The lowest BCUT2D eigenvalue weighted by atomic mass is 10.3. The molecule has 0 aliphatic heterocycles. The Hall–Kier alpha value is -2.22. The van der Waals surface area contributed by atoms with Crippen molar-refractivity contribution in [2.45, 2.75) is 17.1 Å². The minimum absolute atomic E-state index is 0.0282. The largest absolute Gasteiger partial charge is 0.409 e. The number of rotatable bonds is 3. The van der Waals surface area contributed by atoms with Crippen molar-refractivity contribution >= 4 is 17.6 Å². The number of hydrogen-bond acceptors (Lipinski definition) is 7. The maximum Gasteiger partial charge on any atom is 0.193 e. The predicted octanol–water partition coefficient (Wildman–Crippen LogP) is 0.821. The van der Waals surface area contributed by atoms with E-state index in [1.807, 2.05) is 6.92 Å². The maximum absolute atomic E-state index is 8.69. The first kappa shape index (κ1) is 12.2. The first-order chi connectivity index (χ1) is 8.70. The number of hydrogen-bond donors (Lipinski definition) is 2. The Kier molecular flexibility index (Phi) is 3.68. The van der Waals surface area contributed by atoms with Crippen LogP contribution in [0.3, 0.4) is 0 Å². The fraction of sp³-hybridized carbons (Fsp3) is 0.100. The zero-order valence-electron chi connectivity index (χ0n) is 9.48. The van der Waals surface area contributed by atoms with Gasteiger partial charge in [-0.15, -0.1) is 5.10 Å². The molecule has 0 spiro atoms. The highest BCUT2D eigenvalue weighted by Gasteiger charge is 2.11. The highest BCUT2D eigenvalue weighted by atomic mass is 32.2. The van der Waals surface area contributed by atoms with Gasteiger partial charge in [0.15, 0.2) is 11.0 Å². The molecule has 18 heavy (non-hydrogen) atoms. The second kappa shape index (κ2) is 5.41. The van der Waals surface area contributed by atoms with E-state index < -0.39 is 0 Å². The third-order valence-electron chi connectivity index (χ3n) is 2.02. The van der Waals surface area contributed by atoms with Crippen LogP contribution < -0.4 is 5.73 Å². The molecular weight excluding hydrogens is 252 g/mol. The van der Waals surface area contributed by atoms with Crippen LogP contribution in [0.15, 0.2) is 40.0 Å². The molecular formula is C10H10N6OS. The van der Waals surface area contributed by atoms with E-state index in [1.54, 1.807) is 18.5 Å². The van der Waals surface area contributed by atoms with Crippen LogP contribution in [0.2, 0.25) is 0 Å². The van der Waals surface area contributed by atoms with E-state index in [1.165, 1.54) is 18.0 Å². The smallest absolute Gasteiger partial charge is 0.193 e. The Balaban J connectivity index is 2.32. The van der Waals surface area contributed by atoms with Gasteiger partial charge in [0.05, 0.1) is 11.8 Å². The first-order valence-electron chi connectivity index (χ1n) is 4.97. The molecule has 0 atom stereocenters. The summed E-state index contributed by atoms with van der Waals surface area (Å²) < 4.78 is 0. The summed E-state index contributed by atoms with van der Waals surface area (Å²) in [6, 6.07) is 1.61. The third-order valence-corrected chi connectivity index (χ3v) is 2.90. The van der Waals surface area contributed by atoms with Crippen LogP contribution in [0.25, 0.3) is 0 Å². The number of aromatic nitrogens is 4. The fourth-order valence-corrected chi connectivity index (χ4v) is 1.92. The topological polar surface area (TPSA) is 110 Å². The van der Waals surface area contributed by atoms with Gasteiger partial charge in [-0.2, -0.15) is 5.10 Å². The molecule has 92 valence electrons. The summed E-state index contributed by atoms with van der Waals surface area (Å²) in [6.45, 7) is 1.90. The first-order valence-corrected chi connectivity index (χ1v) is 5.78. The molecule has 8 heteroatoms. The molecule has 2 heterocycles. The molecule has 0 aromatic carbocycles. The second-order valence-corrected chi connectivity index (χ2v) is 4.34. The Morgan fingerprint density at radius 3 is 2.78 bits per heavy atom. The summed E-state index contributed by atoms with van der Waals surface area (Å²) >= 11 is 1.20. The molecule has 3 N–H and O–H groups in total. The normalized spacial score (nSPS) is 11.5. The van der Waals surface area contributed by atoms with Gasteiger partial charge in [0.25, 0.3) is 0 Å². The number of amidine groups is 1. The lowest BCUT2D eigenvalue weighted by molar-refractivity contribution is 0.318. The van der Waals surface area contributed by atoms with Crippen molar-refractivity contribution in [3.63, 3.8) is 0 Å². The monoisotopic (exact) mass is 262 g/mol. The molecule has 2 rings (SSSR count). The van der Waals surface area contributed by atoms with Gasteiger partial charge in [0.2, 0.25) is 0 Å². The average molecular weight is 262 g/mol. The zero-order valence-corrected chi connectivity index (χ0v) is 10.3. The van der Waals surface area contributed by atoms with Gasteiger partial charge in [-0.1, -0.05) is 5.16 Å². The molecule has 0 bridgehead atoms. The van der Waals surface area contributed by atoms with E-state index in [-0.39, 0.29) is 5.84 Å². The van der Waals surface area contributed by atoms with Crippen LogP contribution in [0, 0.1) is 6.92 Å². The molecule has 7 nitrogen and oxygen atoms in total. The molecule has 0 saturated heterocycles. The van der Waals surface area contributed by atoms with Gasteiger partial charge in [-0.25, -0.2) is 9.97 Å². The van der Waals surface area contributed by atoms with Crippen LogP contribution in [-0.2, 0) is 0 Å². The number of oxime groups is 1. The van der Waals surface area contributed by atoms with Crippen molar-refractivity contribution in [2.75, 3.05) is 0 Å². The van der Waals surface area contributed by atoms with Gasteiger partial charge in [-0.05, 0) is 30.3 Å². The highest BCUT2D eigenvalue weighted by Crippen LogP contribution is 2.24. The van der Waals surface area contributed by atoms with E-state index in [0.717, 1.165) is 5.56 Å². The lowest BCUT2D eigenvalue weighted by Crippen LogP contribution is -2.15. The fourth-order valence-electron chi connectivity index (χ4n) is 1.16. The van der Waals surface area contributed by atoms with Gasteiger partial charge in [-0.3, -0.25) is 0 Å². The van der Waals surface area contributed by atoms with Gasteiger partial charge >= 0.3 is 0 Å². The summed E-state index contributed by atoms with van der Waals surface area (Å²) in [4.78, 5) is 8.28. The molecule has 0 amide bonds. The second-order valence-electron chi connectivity index (χ2n) is 3.38. The Morgan fingerprint density at radius 2 is 2.11 bits per heavy atom. The predicted molar refractivity (Wildman–Crippen MR) is 65.4 cm³/mol. The van der Waals surface area contributed by atoms with E-state index in [9.17, 15) is 0 Å². The van der Waals surface area contributed by atoms with E-state index in [0.29, 0.717) is 15.7 Å². The highest BCUT2D eigenvalue weighted by molar-refractivity contribution is 7.99. The van der Waals surface area contributed by atoms with Crippen LogP contribution in [0.1, 0.15) is 11.1 Å². The number of nitrogens with zero attached hydrogens (tertiary/aromatic N) is 5. The summed E-state index contributed by atoms with van der Waals surface area (Å²) in [5.74, 6) is -0.0282. The molecule has 2 aromatic rings. The van der Waals surface area contributed by atoms with Gasteiger partial charge < -0.3 is 10.9 Å². The molecule has 0 aliphatic rings. The minimum Gasteiger partial charge on any atom is -0.409 e.